The number of hydrogen-bond donors (Lipinski definition) is 2. The predicted octanol–water partition coefficient (Wildman–Crippen LogP) is 3.66. The van der Waals surface area contributed by atoms with Gasteiger partial charge in [0, 0.05) is 12.1 Å². The third-order valence-corrected chi connectivity index (χ3v) is 3.75. The van der Waals surface area contributed by atoms with Crippen molar-refractivity contribution in [3.8, 4) is 0 Å². The maximum atomic E-state index is 13.1. The van der Waals surface area contributed by atoms with Gasteiger partial charge in [-0.1, -0.05) is 38.1 Å². The number of nitro groups is 1. The summed E-state index contributed by atoms with van der Waals surface area (Å²) in [4.78, 5) is 22.6. The van der Waals surface area contributed by atoms with E-state index in [2.05, 4.69) is 10.6 Å². The maximum Gasteiger partial charge on any atom is 0.292 e. The Labute approximate surface area is 145 Å². The van der Waals surface area contributed by atoms with E-state index < -0.39 is 4.92 Å². The number of carbonyl (C=O) groups excluding carboxylic acids is 1. The average molecular weight is 345 g/mol. The van der Waals surface area contributed by atoms with E-state index >= 15 is 0 Å². The van der Waals surface area contributed by atoms with E-state index in [9.17, 15) is 19.3 Å². The first-order valence-corrected chi connectivity index (χ1v) is 7.90. The van der Waals surface area contributed by atoms with Crippen LogP contribution in [0, 0.1) is 21.8 Å². The Morgan fingerprint density at radius 1 is 1.16 bits per heavy atom. The van der Waals surface area contributed by atoms with Gasteiger partial charge in [-0.3, -0.25) is 14.9 Å². The number of anilines is 1. The Morgan fingerprint density at radius 3 is 2.40 bits per heavy atom. The zero-order valence-electron chi connectivity index (χ0n) is 14.0. The van der Waals surface area contributed by atoms with Crippen LogP contribution in [0.15, 0.2) is 48.5 Å². The van der Waals surface area contributed by atoms with Crippen LogP contribution in [0.1, 0.15) is 25.5 Å². The standard InChI is InChI=1S/C18H20FN3O3/c1-12(2)18(13-7-9-14(19)10-8-13)20-11-17(23)21-15-5-3-4-6-16(15)22(24)25/h3-10,12,18,20H,11H2,1-2H3,(H,21,23). The van der Waals surface area contributed by atoms with Crippen LogP contribution in [0.5, 0.6) is 0 Å². The van der Waals surface area contributed by atoms with Gasteiger partial charge in [0.1, 0.15) is 11.5 Å². The molecule has 0 bridgehead atoms. The molecule has 0 saturated heterocycles. The first-order chi connectivity index (χ1) is 11.9. The van der Waals surface area contributed by atoms with Crippen LogP contribution in [-0.2, 0) is 4.79 Å². The van der Waals surface area contributed by atoms with Crippen LogP contribution in [0.2, 0.25) is 0 Å². The molecular weight excluding hydrogens is 325 g/mol. The monoisotopic (exact) mass is 345 g/mol. The Bertz CT molecular complexity index is 747. The highest BCUT2D eigenvalue weighted by molar-refractivity contribution is 5.94. The molecule has 25 heavy (non-hydrogen) atoms. The van der Waals surface area contributed by atoms with Gasteiger partial charge in [0.2, 0.25) is 5.91 Å². The molecule has 0 radical (unpaired) electrons. The summed E-state index contributed by atoms with van der Waals surface area (Å²) in [5.74, 6) is -0.535. The van der Waals surface area contributed by atoms with Gasteiger partial charge in [-0.2, -0.15) is 0 Å². The number of nitro benzene ring substituents is 1. The summed E-state index contributed by atoms with van der Waals surface area (Å²) < 4.78 is 13.1. The van der Waals surface area contributed by atoms with Crippen molar-refractivity contribution in [3.05, 3.63) is 70.0 Å². The first kappa shape index (κ1) is 18.5. The summed E-state index contributed by atoms with van der Waals surface area (Å²) in [5, 5.41) is 16.6. The van der Waals surface area contributed by atoms with Gasteiger partial charge in [-0.05, 0) is 29.7 Å². The molecule has 1 atom stereocenters. The normalized spacial score (nSPS) is 12.0. The molecule has 0 saturated carbocycles. The SMILES string of the molecule is CC(C)C(NCC(=O)Nc1ccccc1[N+](=O)[O-])c1ccc(F)cc1. The molecule has 0 aromatic heterocycles. The van der Waals surface area contributed by atoms with Crippen LogP contribution >= 0.6 is 0 Å². The minimum Gasteiger partial charge on any atom is -0.319 e. The molecular formula is C18H20FN3O3. The molecule has 0 spiro atoms. The number of halogens is 1. The Kier molecular flexibility index (Phi) is 6.19. The minimum atomic E-state index is -0.543. The molecule has 2 aromatic rings. The van der Waals surface area contributed by atoms with Crippen molar-refractivity contribution in [2.45, 2.75) is 19.9 Å². The zero-order chi connectivity index (χ0) is 18.4. The first-order valence-electron chi connectivity index (χ1n) is 7.90. The lowest BCUT2D eigenvalue weighted by Gasteiger charge is -2.22. The number of para-hydroxylation sites is 2. The van der Waals surface area contributed by atoms with Crippen LogP contribution in [0.25, 0.3) is 0 Å². The second-order valence-electron chi connectivity index (χ2n) is 5.98. The topological polar surface area (TPSA) is 84.3 Å². The molecule has 1 unspecified atom stereocenters. The van der Waals surface area contributed by atoms with Crippen molar-refractivity contribution < 1.29 is 14.1 Å². The predicted molar refractivity (Wildman–Crippen MR) is 93.7 cm³/mol. The van der Waals surface area contributed by atoms with Crippen LogP contribution in [0.4, 0.5) is 15.8 Å². The molecule has 7 heteroatoms. The second kappa shape index (κ2) is 8.34. The summed E-state index contributed by atoms with van der Waals surface area (Å²) in [7, 11) is 0. The van der Waals surface area contributed by atoms with E-state index in [-0.39, 0.29) is 41.6 Å². The van der Waals surface area contributed by atoms with Gasteiger partial charge in [-0.15, -0.1) is 0 Å². The number of hydrogen-bond acceptors (Lipinski definition) is 4. The molecule has 2 aromatic carbocycles. The number of nitrogens with one attached hydrogen (secondary N) is 2. The molecule has 0 heterocycles. The number of benzene rings is 2. The lowest BCUT2D eigenvalue weighted by molar-refractivity contribution is -0.383. The summed E-state index contributed by atoms with van der Waals surface area (Å²) in [6.45, 7) is 3.95. The van der Waals surface area contributed by atoms with Gasteiger partial charge < -0.3 is 10.6 Å². The highest BCUT2D eigenvalue weighted by atomic mass is 19.1. The number of nitrogens with zero attached hydrogens (tertiary/aromatic N) is 1. The van der Waals surface area contributed by atoms with Crippen molar-refractivity contribution in [1.82, 2.24) is 5.32 Å². The lowest BCUT2D eigenvalue weighted by Crippen LogP contribution is -2.33. The van der Waals surface area contributed by atoms with Crippen LogP contribution in [0.3, 0.4) is 0 Å². The second-order valence-corrected chi connectivity index (χ2v) is 5.98. The van der Waals surface area contributed by atoms with Crippen molar-refractivity contribution in [2.75, 3.05) is 11.9 Å². The molecule has 0 aliphatic rings. The lowest BCUT2D eigenvalue weighted by atomic mass is 9.96. The van der Waals surface area contributed by atoms with Crippen LogP contribution in [-0.4, -0.2) is 17.4 Å². The van der Waals surface area contributed by atoms with Gasteiger partial charge in [0.15, 0.2) is 0 Å². The summed E-state index contributed by atoms with van der Waals surface area (Å²) >= 11 is 0. The highest BCUT2D eigenvalue weighted by Gasteiger charge is 2.18. The fraction of sp³-hybridized carbons (Fsp3) is 0.278. The quantitative estimate of drug-likeness (QED) is 0.592. The van der Waals surface area contributed by atoms with E-state index in [1.807, 2.05) is 13.8 Å². The fourth-order valence-electron chi connectivity index (χ4n) is 2.54. The largest absolute Gasteiger partial charge is 0.319 e. The average Bonchev–Trinajstić information content (AvgIpc) is 2.56. The zero-order valence-corrected chi connectivity index (χ0v) is 14.0. The van der Waals surface area contributed by atoms with Crippen LogP contribution < -0.4 is 10.6 Å². The third kappa shape index (κ3) is 5.09. The smallest absolute Gasteiger partial charge is 0.292 e. The number of carbonyl (C=O) groups is 1. The van der Waals surface area contributed by atoms with Gasteiger partial charge in [-0.25, -0.2) is 4.39 Å². The molecule has 1 amide bonds. The van der Waals surface area contributed by atoms with E-state index in [0.29, 0.717) is 0 Å². The van der Waals surface area contributed by atoms with Crippen molar-refractivity contribution in [1.29, 1.82) is 0 Å². The Balaban J connectivity index is 2.02. The molecule has 2 rings (SSSR count). The van der Waals surface area contributed by atoms with E-state index in [0.717, 1.165) is 5.56 Å². The van der Waals surface area contributed by atoms with Crippen molar-refractivity contribution >= 4 is 17.3 Å². The molecule has 132 valence electrons. The van der Waals surface area contributed by atoms with Gasteiger partial charge >= 0.3 is 0 Å². The van der Waals surface area contributed by atoms with E-state index in [1.54, 1.807) is 18.2 Å². The molecule has 0 aliphatic heterocycles. The van der Waals surface area contributed by atoms with Crippen molar-refractivity contribution in [2.24, 2.45) is 5.92 Å². The number of rotatable bonds is 7. The maximum absolute atomic E-state index is 13.1. The summed E-state index contributed by atoms with van der Waals surface area (Å²) in [6.07, 6.45) is 0. The van der Waals surface area contributed by atoms with Gasteiger partial charge in [0.05, 0.1) is 11.5 Å². The number of amides is 1. The third-order valence-electron chi connectivity index (χ3n) is 3.75. The van der Waals surface area contributed by atoms with Gasteiger partial charge in [0.25, 0.3) is 5.69 Å². The molecule has 0 fully saturated rings. The molecule has 6 nitrogen and oxygen atoms in total. The van der Waals surface area contributed by atoms with E-state index in [4.69, 9.17) is 0 Å². The minimum absolute atomic E-state index is 0.0216. The van der Waals surface area contributed by atoms with Crippen molar-refractivity contribution in [3.63, 3.8) is 0 Å². The summed E-state index contributed by atoms with van der Waals surface area (Å²) in [5.41, 5.74) is 0.867. The molecule has 2 N–H and O–H groups in total. The summed E-state index contributed by atoms with van der Waals surface area (Å²) in [6, 6.07) is 11.9. The fourth-order valence-corrected chi connectivity index (χ4v) is 2.54. The van der Waals surface area contributed by atoms with E-state index in [1.165, 1.54) is 30.3 Å². The highest BCUT2D eigenvalue weighted by Crippen LogP contribution is 2.24. The molecule has 0 aliphatic carbocycles. The Morgan fingerprint density at radius 2 is 1.80 bits per heavy atom. The Hall–Kier alpha value is -2.80.